The molecule has 0 saturated carbocycles. The Morgan fingerprint density at radius 1 is 1.18 bits per heavy atom. The summed E-state index contributed by atoms with van der Waals surface area (Å²) in [6.07, 6.45) is 2.35. The SMILES string of the molecule is C/C(N)=C/C(=O)OCCCCN1C(=O)c2ccccc2C1=O. The van der Waals surface area contributed by atoms with Crippen LogP contribution in [0.15, 0.2) is 36.0 Å². The average molecular weight is 302 g/mol. The van der Waals surface area contributed by atoms with Crippen molar-refractivity contribution in [3.8, 4) is 0 Å². The van der Waals surface area contributed by atoms with Crippen LogP contribution in [0, 0.1) is 0 Å². The standard InChI is InChI=1S/C16H18N2O4/c1-11(17)10-14(19)22-9-5-4-8-18-15(20)12-6-2-3-7-13(12)16(18)21/h2-3,6-7,10H,4-5,8-9,17H2,1H3/b11-10-. The van der Waals surface area contributed by atoms with E-state index in [0.29, 0.717) is 36.2 Å². The second-order valence-electron chi connectivity index (χ2n) is 5.07. The number of carbonyl (C=O) groups excluding carboxylic acids is 3. The van der Waals surface area contributed by atoms with E-state index in [9.17, 15) is 14.4 Å². The van der Waals surface area contributed by atoms with E-state index in [-0.39, 0.29) is 18.4 Å². The Labute approximate surface area is 128 Å². The Hall–Kier alpha value is -2.63. The summed E-state index contributed by atoms with van der Waals surface area (Å²) in [6, 6.07) is 6.78. The van der Waals surface area contributed by atoms with Crippen LogP contribution >= 0.6 is 0 Å². The quantitative estimate of drug-likeness (QED) is 0.372. The van der Waals surface area contributed by atoms with Crippen LogP contribution < -0.4 is 5.73 Å². The van der Waals surface area contributed by atoms with Crippen molar-refractivity contribution in [2.24, 2.45) is 5.73 Å². The third-order valence-electron chi connectivity index (χ3n) is 3.24. The van der Waals surface area contributed by atoms with Crippen LogP contribution in [-0.2, 0) is 9.53 Å². The maximum atomic E-state index is 12.1. The van der Waals surface area contributed by atoms with E-state index in [0.717, 1.165) is 0 Å². The number of hydrogen-bond acceptors (Lipinski definition) is 5. The number of nitrogens with zero attached hydrogens (tertiary/aromatic N) is 1. The number of allylic oxidation sites excluding steroid dienone is 1. The van der Waals surface area contributed by atoms with Gasteiger partial charge in [0.25, 0.3) is 11.8 Å². The van der Waals surface area contributed by atoms with Crippen molar-refractivity contribution in [1.82, 2.24) is 4.90 Å². The molecule has 22 heavy (non-hydrogen) atoms. The molecule has 1 aromatic rings. The van der Waals surface area contributed by atoms with Gasteiger partial charge >= 0.3 is 5.97 Å². The van der Waals surface area contributed by atoms with Crippen LogP contribution in [0.4, 0.5) is 0 Å². The molecular weight excluding hydrogens is 284 g/mol. The second kappa shape index (κ2) is 6.89. The molecule has 0 spiro atoms. The summed E-state index contributed by atoms with van der Waals surface area (Å²) in [5.41, 5.74) is 6.64. The Kier molecular flexibility index (Phi) is 4.93. The number of imide groups is 1. The zero-order chi connectivity index (χ0) is 16.1. The number of fused-ring (bicyclic) bond motifs is 1. The summed E-state index contributed by atoms with van der Waals surface area (Å²) in [5, 5.41) is 0. The summed E-state index contributed by atoms with van der Waals surface area (Å²) >= 11 is 0. The van der Waals surface area contributed by atoms with Crippen molar-refractivity contribution in [1.29, 1.82) is 0 Å². The minimum Gasteiger partial charge on any atom is -0.462 e. The van der Waals surface area contributed by atoms with E-state index < -0.39 is 5.97 Å². The lowest BCUT2D eigenvalue weighted by molar-refractivity contribution is -0.137. The predicted molar refractivity (Wildman–Crippen MR) is 79.9 cm³/mol. The molecule has 6 nitrogen and oxygen atoms in total. The highest BCUT2D eigenvalue weighted by Crippen LogP contribution is 2.22. The number of rotatable bonds is 6. The second-order valence-corrected chi connectivity index (χ2v) is 5.07. The summed E-state index contributed by atoms with van der Waals surface area (Å²) in [7, 11) is 0. The molecule has 1 heterocycles. The van der Waals surface area contributed by atoms with E-state index in [4.69, 9.17) is 10.5 Å². The van der Waals surface area contributed by atoms with Crippen molar-refractivity contribution in [2.45, 2.75) is 19.8 Å². The molecule has 0 radical (unpaired) electrons. The normalized spacial score (nSPS) is 14.2. The van der Waals surface area contributed by atoms with E-state index in [2.05, 4.69) is 0 Å². The minimum absolute atomic E-state index is 0.228. The van der Waals surface area contributed by atoms with Gasteiger partial charge in [-0.1, -0.05) is 12.1 Å². The fourth-order valence-corrected chi connectivity index (χ4v) is 2.21. The summed E-state index contributed by atoms with van der Waals surface area (Å²) in [4.78, 5) is 36.7. The first kappa shape index (κ1) is 15.8. The zero-order valence-electron chi connectivity index (χ0n) is 12.4. The molecule has 1 aromatic carbocycles. The van der Waals surface area contributed by atoms with Crippen LogP contribution in [-0.4, -0.2) is 35.8 Å². The highest BCUT2D eigenvalue weighted by molar-refractivity contribution is 6.21. The third kappa shape index (κ3) is 3.52. The van der Waals surface area contributed by atoms with Crippen LogP contribution in [0.5, 0.6) is 0 Å². The van der Waals surface area contributed by atoms with Gasteiger partial charge in [-0.05, 0) is 31.9 Å². The largest absolute Gasteiger partial charge is 0.462 e. The molecule has 0 fully saturated rings. The molecular formula is C16H18N2O4. The molecule has 1 aliphatic rings. The number of nitrogens with two attached hydrogens (primary N) is 1. The van der Waals surface area contributed by atoms with Gasteiger partial charge in [-0.2, -0.15) is 0 Å². The van der Waals surface area contributed by atoms with Crippen molar-refractivity contribution in [2.75, 3.05) is 13.2 Å². The first-order valence-electron chi connectivity index (χ1n) is 7.06. The fourth-order valence-electron chi connectivity index (χ4n) is 2.21. The average Bonchev–Trinajstić information content (AvgIpc) is 2.71. The van der Waals surface area contributed by atoms with Crippen LogP contribution in [0.25, 0.3) is 0 Å². The number of esters is 1. The first-order chi connectivity index (χ1) is 10.5. The number of benzene rings is 1. The monoisotopic (exact) mass is 302 g/mol. The highest BCUT2D eigenvalue weighted by Gasteiger charge is 2.34. The molecule has 0 unspecified atom stereocenters. The van der Waals surface area contributed by atoms with Crippen LogP contribution in [0.1, 0.15) is 40.5 Å². The Morgan fingerprint density at radius 2 is 1.77 bits per heavy atom. The Bertz CT molecular complexity index is 598. The summed E-state index contributed by atoms with van der Waals surface area (Å²) in [6.45, 7) is 2.14. The van der Waals surface area contributed by atoms with Gasteiger partial charge in [0.2, 0.25) is 0 Å². The van der Waals surface area contributed by atoms with Crippen molar-refractivity contribution in [3.63, 3.8) is 0 Å². The van der Waals surface area contributed by atoms with Gasteiger partial charge in [-0.3, -0.25) is 14.5 Å². The van der Waals surface area contributed by atoms with Crippen LogP contribution in [0.3, 0.4) is 0 Å². The number of ether oxygens (including phenoxy) is 1. The smallest absolute Gasteiger partial charge is 0.332 e. The molecule has 0 saturated heterocycles. The molecule has 2 rings (SSSR count). The van der Waals surface area contributed by atoms with E-state index in [1.54, 1.807) is 31.2 Å². The molecule has 2 amide bonds. The molecule has 0 aliphatic carbocycles. The highest BCUT2D eigenvalue weighted by atomic mass is 16.5. The number of unbranched alkanes of at least 4 members (excludes halogenated alkanes) is 1. The van der Waals surface area contributed by atoms with E-state index >= 15 is 0 Å². The maximum Gasteiger partial charge on any atom is 0.332 e. The van der Waals surface area contributed by atoms with Gasteiger partial charge in [0.15, 0.2) is 0 Å². The summed E-state index contributed by atoms with van der Waals surface area (Å²) < 4.78 is 4.95. The molecule has 116 valence electrons. The molecule has 0 aromatic heterocycles. The van der Waals surface area contributed by atoms with Crippen molar-refractivity contribution in [3.05, 3.63) is 47.2 Å². The number of hydrogen-bond donors (Lipinski definition) is 1. The van der Waals surface area contributed by atoms with E-state index in [1.807, 2.05) is 0 Å². The van der Waals surface area contributed by atoms with E-state index in [1.165, 1.54) is 11.0 Å². The first-order valence-corrected chi connectivity index (χ1v) is 7.06. The Morgan fingerprint density at radius 3 is 2.32 bits per heavy atom. The molecule has 0 atom stereocenters. The fraction of sp³-hybridized carbons (Fsp3) is 0.312. The predicted octanol–water partition coefficient (Wildman–Crippen LogP) is 1.47. The lowest BCUT2D eigenvalue weighted by atomic mass is 10.1. The minimum atomic E-state index is -0.485. The van der Waals surface area contributed by atoms with Crippen molar-refractivity contribution < 1.29 is 19.1 Å². The van der Waals surface area contributed by atoms with Gasteiger partial charge in [0.05, 0.1) is 17.7 Å². The van der Waals surface area contributed by atoms with Gasteiger partial charge < -0.3 is 10.5 Å². The number of carbonyl (C=O) groups is 3. The third-order valence-corrected chi connectivity index (χ3v) is 3.24. The topological polar surface area (TPSA) is 89.7 Å². The lowest BCUT2D eigenvalue weighted by Crippen LogP contribution is -2.30. The molecule has 2 N–H and O–H groups in total. The molecule has 0 bridgehead atoms. The zero-order valence-corrected chi connectivity index (χ0v) is 12.4. The Balaban J connectivity index is 1.77. The van der Waals surface area contributed by atoms with Crippen LogP contribution in [0.2, 0.25) is 0 Å². The van der Waals surface area contributed by atoms with Gasteiger partial charge in [0, 0.05) is 18.3 Å². The number of amides is 2. The van der Waals surface area contributed by atoms with Gasteiger partial charge in [-0.15, -0.1) is 0 Å². The lowest BCUT2D eigenvalue weighted by Gasteiger charge is -2.13. The van der Waals surface area contributed by atoms with Gasteiger partial charge in [-0.25, -0.2) is 4.79 Å². The molecule has 6 heteroatoms. The summed E-state index contributed by atoms with van der Waals surface area (Å²) in [5.74, 6) is -1.01. The van der Waals surface area contributed by atoms with Gasteiger partial charge in [0.1, 0.15) is 0 Å². The molecule has 1 aliphatic heterocycles. The van der Waals surface area contributed by atoms with Crippen molar-refractivity contribution >= 4 is 17.8 Å². The maximum absolute atomic E-state index is 12.1.